The summed E-state index contributed by atoms with van der Waals surface area (Å²) >= 11 is 1.47. The summed E-state index contributed by atoms with van der Waals surface area (Å²) in [6.45, 7) is 11.0. The second kappa shape index (κ2) is 6.29. The number of aryl methyl sites for hydroxylation is 2. The van der Waals surface area contributed by atoms with Crippen LogP contribution in [0.5, 0.6) is 0 Å². The van der Waals surface area contributed by atoms with Crippen LogP contribution in [0.1, 0.15) is 30.5 Å². The molecule has 1 aliphatic rings. The van der Waals surface area contributed by atoms with Gasteiger partial charge < -0.3 is 4.90 Å². The molecule has 1 fully saturated rings. The van der Waals surface area contributed by atoms with Crippen LogP contribution < -0.4 is 0 Å². The number of carbonyl (C=O) groups excluding carboxylic acids is 1. The molecule has 1 saturated heterocycles. The first-order chi connectivity index (χ1) is 10.1. The molecule has 0 bridgehead atoms. The van der Waals surface area contributed by atoms with E-state index in [1.807, 2.05) is 13.8 Å². The van der Waals surface area contributed by atoms with Crippen molar-refractivity contribution in [2.75, 3.05) is 19.6 Å². The van der Waals surface area contributed by atoms with Crippen LogP contribution in [0.3, 0.4) is 0 Å². The van der Waals surface area contributed by atoms with Crippen molar-refractivity contribution in [3.8, 4) is 0 Å². The average Bonchev–Trinajstić information content (AvgIpc) is 2.74. The number of hydrogen-bond donors (Lipinski definition) is 0. The van der Waals surface area contributed by atoms with E-state index in [0.29, 0.717) is 30.4 Å². The monoisotopic (exact) mass is 344 g/mol. The lowest BCUT2D eigenvalue weighted by molar-refractivity contribution is -0.138. The van der Waals surface area contributed by atoms with E-state index in [9.17, 15) is 13.2 Å². The van der Waals surface area contributed by atoms with E-state index in [1.54, 1.807) is 17.9 Å². The molecule has 1 amide bonds. The highest BCUT2D eigenvalue weighted by Crippen LogP contribution is 2.30. The molecule has 2 rings (SSSR count). The molecular weight excluding hydrogens is 320 g/mol. The second-order valence-electron chi connectivity index (χ2n) is 6.25. The molecule has 0 aliphatic carbocycles. The van der Waals surface area contributed by atoms with E-state index in [2.05, 4.69) is 13.8 Å². The summed E-state index contributed by atoms with van der Waals surface area (Å²) in [6, 6.07) is 1.06. The Morgan fingerprint density at radius 2 is 1.95 bits per heavy atom. The van der Waals surface area contributed by atoms with Crippen LogP contribution in [0.15, 0.2) is 11.0 Å². The second-order valence-corrected chi connectivity index (χ2v) is 9.57. The van der Waals surface area contributed by atoms with Crippen molar-refractivity contribution >= 4 is 27.3 Å². The van der Waals surface area contributed by atoms with E-state index in [-0.39, 0.29) is 5.91 Å². The molecular formula is C15H24N2O3S2. The fourth-order valence-electron chi connectivity index (χ4n) is 2.85. The summed E-state index contributed by atoms with van der Waals surface area (Å²) in [5.74, 6) is 0.272. The predicted molar refractivity (Wildman–Crippen MR) is 88.6 cm³/mol. The first-order valence-electron chi connectivity index (χ1n) is 7.52. The molecule has 1 aliphatic heterocycles. The Kier molecular flexibility index (Phi) is 4.99. The summed E-state index contributed by atoms with van der Waals surface area (Å²) in [7, 11) is -3.61. The molecule has 0 N–H and O–H groups in total. The average molecular weight is 345 g/mol. The maximum Gasteiger partial charge on any atom is 0.244 e. The lowest BCUT2D eigenvalue weighted by Gasteiger charge is -2.38. The molecule has 5 nitrogen and oxygen atoms in total. The Hall–Kier alpha value is -0.920. The van der Waals surface area contributed by atoms with Gasteiger partial charge >= 0.3 is 0 Å². The van der Waals surface area contributed by atoms with Crippen molar-refractivity contribution in [3.63, 3.8) is 0 Å². The normalized spacial score (nSPS) is 20.9. The number of piperazine rings is 1. The molecule has 0 radical (unpaired) electrons. The molecule has 1 aromatic rings. The first kappa shape index (κ1) is 17.4. The topological polar surface area (TPSA) is 57.7 Å². The Morgan fingerprint density at radius 1 is 1.32 bits per heavy atom. The zero-order valence-electron chi connectivity index (χ0n) is 13.8. The molecule has 1 atom stereocenters. The van der Waals surface area contributed by atoms with E-state index >= 15 is 0 Å². The van der Waals surface area contributed by atoms with Crippen molar-refractivity contribution in [1.29, 1.82) is 0 Å². The Balaban J connectivity index is 2.27. The van der Waals surface area contributed by atoms with Crippen LogP contribution in [0.2, 0.25) is 0 Å². The van der Waals surface area contributed by atoms with E-state index in [4.69, 9.17) is 0 Å². The SMILES string of the molecule is Cc1cc(S(=O)(=O)N2CCN(CC(C)C)C(=O)[C@@H]2C)c(C)s1. The van der Waals surface area contributed by atoms with Gasteiger partial charge in [-0.2, -0.15) is 4.31 Å². The number of hydrogen-bond acceptors (Lipinski definition) is 4. The third-order valence-corrected chi connectivity index (χ3v) is 7.05. The third-order valence-electron chi connectivity index (χ3n) is 3.86. The molecule has 0 saturated carbocycles. The quantitative estimate of drug-likeness (QED) is 0.842. The lowest BCUT2D eigenvalue weighted by atomic mass is 10.1. The summed E-state index contributed by atoms with van der Waals surface area (Å²) < 4.78 is 27.1. The highest BCUT2D eigenvalue weighted by molar-refractivity contribution is 7.89. The highest BCUT2D eigenvalue weighted by Gasteiger charge is 2.39. The number of sulfonamides is 1. The lowest BCUT2D eigenvalue weighted by Crippen LogP contribution is -2.57. The van der Waals surface area contributed by atoms with Gasteiger partial charge in [-0.15, -0.1) is 11.3 Å². The van der Waals surface area contributed by atoms with E-state index in [0.717, 1.165) is 9.75 Å². The minimum Gasteiger partial charge on any atom is -0.340 e. The first-order valence-corrected chi connectivity index (χ1v) is 9.78. The molecule has 2 heterocycles. The van der Waals surface area contributed by atoms with Gasteiger partial charge in [0.15, 0.2) is 0 Å². The van der Waals surface area contributed by atoms with Crippen molar-refractivity contribution in [3.05, 3.63) is 15.8 Å². The van der Waals surface area contributed by atoms with E-state index < -0.39 is 16.1 Å². The zero-order chi connectivity index (χ0) is 16.7. The summed E-state index contributed by atoms with van der Waals surface area (Å²) in [4.78, 5) is 16.3. The van der Waals surface area contributed by atoms with E-state index in [1.165, 1.54) is 15.6 Å². The fourth-order valence-corrected chi connectivity index (χ4v) is 5.96. The maximum atomic E-state index is 12.9. The molecule has 0 unspecified atom stereocenters. The van der Waals surface area contributed by atoms with Gasteiger partial charge in [-0.25, -0.2) is 8.42 Å². The summed E-state index contributed by atoms with van der Waals surface area (Å²) in [5, 5.41) is 0. The van der Waals surface area contributed by atoms with Gasteiger partial charge in [0.1, 0.15) is 6.04 Å². The van der Waals surface area contributed by atoms with Gasteiger partial charge in [-0.3, -0.25) is 4.79 Å². The van der Waals surface area contributed by atoms with Gasteiger partial charge in [0.2, 0.25) is 15.9 Å². The molecule has 124 valence electrons. The van der Waals surface area contributed by atoms with Crippen LogP contribution in [0.25, 0.3) is 0 Å². The minimum absolute atomic E-state index is 0.104. The van der Waals surface area contributed by atoms with Crippen LogP contribution >= 0.6 is 11.3 Å². The Bertz CT molecular complexity index is 664. The molecule has 0 spiro atoms. The molecule has 7 heteroatoms. The standard InChI is InChI=1S/C15H24N2O3S2/c1-10(2)9-16-6-7-17(12(4)15(16)18)22(19,20)14-8-11(3)21-13(14)5/h8,10,12H,6-7,9H2,1-5H3/t12-/m0/s1. The molecule has 1 aromatic heterocycles. The van der Waals surface area contributed by atoms with Gasteiger partial charge in [-0.05, 0) is 32.8 Å². The molecule has 22 heavy (non-hydrogen) atoms. The fraction of sp³-hybridized carbons (Fsp3) is 0.667. The van der Waals surface area contributed by atoms with Gasteiger partial charge in [0.25, 0.3) is 0 Å². The summed E-state index contributed by atoms with van der Waals surface area (Å²) in [6.07, 6.45) is 0. The Morgan fingerprint density at radius 3 is 2.45 bits per heavy atom. The molecule has 0 aromatic carbocycles. The van der Waals surface area contributed by atoms with Crippen LogP contribution in [0.4, 0.5) is 0 Å². The third kappa shape index (κ3) is 3.21. The predicted octanol–water partition coefficient (Wildman–Crippen LogP) is 2.24. The maximum absolute atomic E-state index is 12.9. The largest absolute Gasteiger partial charge is 0.340 e. The number of rotatable bonds is 4. The number of nitrogens with zero attached hydrogens (tertiary/aromatic N) is 2. The van der Waals surface area contributed by atoms with Crippen LogP contribution in [-0.2, 0) is 14.8 Å². The van der Waals surface area contributed by atoms with Gasteiger partial charge in [0, 0.05) is 29.4 Å². The number of amides is 1. The number of thiophene rings is 1. The van der Waals surface area contributed by atoms with Gasteiger partial charge in [-0.1, -0.05) is 13.8 Å². The zero-order valence-corrected chi connectivity index (χ0v) is 15.4. The minimum atomic E-state index is -3.61. The van der Waals surface area contributed by atoms with Gasteiger partial charge in [0.05, 0.1) is 4.90 Å². The summed E-state index contributed by atoms with van der Waals surface area (Å²) in [5.41, 5.74) is 0. The van der Waals surface area contributed by atoms with Crippen LogP contribution in [-0.4, -0.2) is 49.2 Å². The van der Waals surface area contributed by atoms with Crippen LogP contribution in [0, 0.1) is 19.8 Å². The van der Waals surface area contributed by atoms with Crippen molar-refractivity contribution in [1.82, 2.24) is 9.21 Å². The number of carbonyl (C=O) groups is 1. The Labute approximate surface area is 137 Å². The van der Waals surface area contributed by atoms with Crippen molar-refractivity contribution < 1.29 is 13.2 Å². The van der Waals surface area contributed by atoms with Crippen molar-refractivity contribution in [2.45, 2.75) is 45.6 Å². The highest BCUT2D eigenvalue weighted by atomic mass is 32.2. The smallest absolute Gasteiger partial charge is 0.244 e. The van der Waals surface area contributed by atoms with Crippen molar-refractivity contribution in [2.24, 2.45) is 5.92 Å².